The van der Waals surface area contributed by atoms with Gasteiger partial charge in [0.15, 0.2) is 0 Å². The van der Waals surface area contributed by atoms with E-state index in [-0.39, 0.29) is 12.0 Å². The topological polar surface area (TPSA) is 66.4 Å². The molecule has 0 radical (unpaired) electrons. The zero-order chi connectivity index (χ0) is 16.2. The maximum Gasteiger partial charge on any atom is 0.308 e. The maximum atomic E-state index is 13.4. The van der Waals surface area contributed by atoms with E-state index in [1.807, 2.05) is 20.8 Å². The van der Waals surface area contributed by atoms with Crippen LogP contribution in [-0.2, 0) is 4.79 Å². The minimum atomic E-state index is -1.04. The van der Waals surface area contributed by atoms with E-state index >= 15 is 0 Å². The van der Waals surface area contributed by atoms with Gasteiger partial charge in [0.2, 0.25) is 0 Å². The third-order valence-electron chi connectivity index (χ3n) is 2.89. The van der Waals surface area contributed by atoms with Crippen molar-refractivity contribution in [2.75, 3.05) is 6.54 Å². The number of carboxylic acid groups (broad SMARTS) is 1. The first-order chi connectivity index (χ1) is 9.60. The summed E-state index contributed by atoms with van der Waals surface area (Å²) in [5.74, 6) is -4.23. The third kappa shape index (κ3) is 5.49. The van der Waals surface area contributed by atoms with E-state index in [0.717, 1.165) is 18.2 Å². The molecule has 0 aliphatic heterocycles. The summed E-state index contributed by atoms with van der Waals surface area (Å²) in [5, 5.41) is 11.5. The van der Waals surface area contributed by atoms with Crippen molar-refractivity contribution in [2.45, 2.75) is 27.2 Å². The quantitative estimate of drug-likeness (QED) is 0.878. The summed E-state index contributed by atoms with van der Waals surface area (Å²) in [5.41, 5.74) is -0.660. The SMILES string of the molecule is CC(C)(C)CC(CNC(=O)c1cc(F)ccc1F)C(=O)O. The number of nitrogens with one attached hydrogen (secondary N) is 1. The predicted molar refractivity (Wildman–Crippen MR) is 73.9 cm³/mol. The Hall–Kier alpha value is -1.98. The van der Waals surface area contributed by atoms with Crippen molar-refractivity contribution in [2.24, 2.45) is 11.3 Å². The maximum absolute atomic E-state index is 13.4. The molecule has 1 aromatic rings. The van der Waals surface area contributed by atoms with E-state index < -0.39 is 35.0 Å². The Morgan fingerprint density at radius 3 is 2.43 bits per heavy atom. The van der Waals surface area contributed by atoms with E-state index in [4.69, 9.17) is 5.11 Å². The van der Waals surface area contributed by atoms with Crippen LogP contribution in [0.1, 0.15) is 37.6 Å². The molecule has 1 unspecified atom stereocenters. The van der Waals surface area contributed by atoms with Crippen LogP contribution in [0.5, 0.6) is 0 Å². The minimum absolute atomic E-state index is 0.138. The number of carboxylic acids is 1. The van der Waals surface area contributed by atoms with E-state index in [1.165, 1.54) is 0 Å². The molecule has 0 bridgehead atoms. The molecule has 1 rings (SSSR count). The fraction of sp³-hybridized carbons (Fsp3) is 0.467. The number of hydrogen-bond acceptors (Lipinski definition) is 2. The molecule has 0 heterocycles. The molecular weight excluding hydrogens is 280 g/mol. The van der Waals surface area contributed by atoms with Gasteiger partial charge in [-0.2, -0.15) is 0 Å². The summed E-state index contributed by atoms with van der Waals surface area (Å²) in [6.45, 7) is 5.52. The van der Waals surface area contributed by atoms with Crippen LogP contribution in [0.4, 0.5) is 8.78 Å². The van der Waals surface area contributed by atoms with Gasteiger partial charge in [0.25, 0.3) is 5.91 Å². The molecule has 0 aliphatic rings. The molecular formula is C15H19F2NO3. The first kappa shape index (κ1) is 17.1. The summed E-state index contributed by atoms with van der Waals surface area (Å²) in [7, 11) is 0. The standard InChI is InChI=1S/C15H19F2NO3/c1-15(2,3)7-9(14(20)21)8-18-13(19)11-6-10(16)4-5-12(11)17/h4-6,9H,7-8H2,1-3H3,(H,18,19)(H,20,21). The lowest BCUT2D eigenvalue weighted by Gasteiger charge is -2.23. The van der Waals surface area contributed by atoms with Gasteiger partial charge in [-0.15, -0.1) is 0 Å². The van der Waals surface area contributed by atoms with Crippen molar-refractivity contribution in [3.8, 4) is 0 Å². The van der Waals surface area contributed by atoms with E-state index in [2.05, 4.69) is 5.32 Å². The van der Waals surface area contributed by atoms with Crippen LogP contribution < -0.4 is 5.32 Å². The molecule has 0 spiro atoms. The van der Waals surface area contributed by atoms with Crippen LogP contribution in [0.3, 0.4) is 0 Å². The van der Waals surface area contributed by atoms with Gasteiger partial charge in [-0.05, 0) is 30.0 Å². The Morgan fingerprint density at radius 1 is 1.29 bits per heavy atom. The van der Waals surface area contributed by atoms with Crippen LogP contribution in [0.15, 0.2) is 18.2 Å². The molecule has 6 heteroatoms. The second kappa shape index (κ2) is 6.65. The molecule has 4 nitrogen and oxygen atoms in total. The predicted octanol–water partition coefficient (Wildman–Crippen LogP) is 2.83. The fourth-order valence-corrected chi connectivity index (χ4v) is 1.97. The lowest BCUT2D eigenvalue weighted by Crippen LogP contribution is -2.35. The zero-order valence-corrected chi connectivity index (χ0v) is 12.2. The molecule has 2 N–H and O–H groups in total. The number of hydrogen-bond donors (Lipinski definition) is 2. The van der Waals surface area contributed by atoms with Crippen molar-refractivity contribution in [1.82, 2.24) is 5.32 Å². The number of amides is 1. The zero-order valence-electron chi connectivity index (χ0n) is 12.2. The highest BCUT2D eigenvalue weighted by atomic mass is 19.1. The van der Waals surface area contributed by atoms with Crippen molar-refractivity contribution < 1.29 is 23.5 Å². The summed E-state index contributed by atoms with van der Waals surface area (Å²) in [6, 6.07) is 2.55. The third-order valence-corrected chi connectivity index (χ3v) is 2.89. The molecule has 116 valence electrons. The van der Waals surface area contributed by atoms with Gasteiger partial charge in [-0.1, -0.05) is 20.8 Å². The Bertz CT molecular complexity index is 538. The Kier molecular flexibility index (Phi) is 5.41. The van der Waals surface area contributed by atoms with Crippen LogP contribution in [0.2, 0.25) is 0 Å². The summed E-state index contributed by atoms with van der Waals surface area (Å²) in [6.07, 6.45) is 0.355. The fourth-order valence-electron chi connectivity index (χ4n) is 1.97. The number of benzene rings is 1. The molecule has 0 saturated heterocycles. The molecule has 0 saturated carbocycles. The van der Waals surface area contributed by atoms with E-state index in [0.29, 0.717) is 6.42 Å². The van der Waals surface area contributed by atoms with Crippen molar-refractivity contribution >= 4 is 11.9 Å². The summed E-state index contributed by atoms with van der Waals surface area (Å²) >= 11 is 0. The summed E-state index contributed by atoms with van der Waals surface area (Å²) < 4.78 is 26.4. The Labute approximate surface area is 122 Å². The number of halogens is 2. The van der Waals surface area contributed by atoms with Crippen LogP contribution in [0.25, 0.3) is 0 Å². The molecule has 0 fully saturated rings. The lowest BCUT2D eigenvalue weighted by molar-refractivity contribution is -0.142. The van der Waals surface area contributed by atoms with Gasteiger partial charge in [0, 0.05) is 6.54 Å². The average Bonchev–Trinajstić information content (AvgIpc) is 2.35. The van der Waals surface area contributed by atoms with Gasteiger partial charge in [0.05, 0.1) is 11.5 Å². The Balaban J connectivity index is 2.74. The van der Waals surface area contributed by atoms with Crippen molar-refractivity contribution in [1.29, 1.82) is 0 Å². The first-order valence-corrected chi connectivity index (χ1v) is 6.56. The van der Waals surface area contributed by atoms with Crippen LogP contribution in [0, 0.1) is 23.0 Å². The van der Waals surface area contributed by atoms with Gasteiger partial charge in [-0.25, -0.2) is 8.78 Å². The lowest BCUT2D eigenvalue weighted by atomic mass is 9.84. The second-order valence-electron chi connectivity index (χ2n) is 6.13. The molecule has 0 aromatic heterocycles. The van der Waals surface area contributed by atoms with E-state index in [1.54, 1.807) is 0 Å². The number of aliphatic carboxylic acids is 1. The highest BCUT2D eigenvalue weighted by molar-refractivity contribution is 5.94. The summed E-state index contributed by atoms with van der Waals surface area (Å²) in [4.78, 5) is 23.0. The van der Waals surface area contributed by atoms with Crippen LogP contribution in [-0.4, -0.2) is 23.5 Å². The largest absolute Gasteiger partial charge is 0.481 e. The molecule has 21 heavy (non-hydrogen) atoms. The highest BCUT2D eigenvalue weighted by Gasteiger charge is 2.25. The molecule has 1 atom stereocenters. The van der Waals surface area contributed by atoms with Gasteiger partial charge in [-0.3, -0.25) is 9.59 Å². The minimum Gasteiger partial charge on any atom is -0.481 e. The van der Waals surface area contributed by atoms with Gasteiger partial charge >= 0.3 is 5.97 Å². The highest BCUT2D eigenvalue weighted by Crippen LogP contribution is 2.24. The first-order valence-electron chi connectivity index (χ1n) is 6.56. The molecule has 1 amide bonds. The Morgan fingerprint density at radius 2 is 1.90 bits per heavy atom. The normalized spacial score (nSPS) is 12.8. The number of carbonyl (C=O) groups is 2. The van der Waals surface area contributed by atoms with Crippen molar-refractivity contribution in [3.05, 3.63) is 35.4 Å². The van der Waals surface area contributed by atoms with Gasteiger partial charge in [0.1, 0.15) is 11.6 Å². The molecule has 0 aliphatic carbocycles. The van der Waals surface area contributed by atoms with E-state index in [9.17, 15) is 18.4 Å². The monoisotopic (exact) mass is 299 g/mol. The second-order valence-corrected chi connectivity index (χ2v) is 6.13. The van der Waals surface area contributed by atoms with Crippen molar-refractivity contribution in [3.63, 3.8) is 0 Å². The average molecular weight is 299 g/mol. The number of carbonyl (C=O) groups excluding carboxylic acids is 1. The molecule has 1 aromatic carbocycles. The number of rotatable bonds is 5. The van der Waals surface area contributed by atoms with Crippen LogP contribution >= 0.6 is 0 Å². The smallest absolute Gasteiger partial charge is 0.308 e. The van der Waals surface area contributed by atoms with Gasteiger partial charge < -0.3 is 10.4 Å².